The van der Waals surface area contributed by atoms with Crippen LogP contribution in [0.4, 0.5) is 0 Å². The second-order valence-corrected chi connectivity index (χ2v) is 7.61. The molecule has 0 aliphatic heterocycles. The molecule has 0 amide bonds. The smallest absolute Gasteiger partial charge is 0.291 e. The highest BCUT2D eigenvalue weighted by Gasteiger charge is 2.13. The average molecular weight is 391 g/mol. The zero-order valence-corrected chi connectivity index (χ0v) is 16.7. The van der Waals surface area contributed by atoms with Gasteiger partial charge in [0.05, 0.1) is 11.1 Å². The molecule has 28 heavy (non-hydrogen) atoms. The lowest BCUT2D eigenvalue weighted by Crippen LogP contribution is -2.23. The van der Waals surface area contributed by atoms with Crippen LogP contribution in [0, 0.1) is 6.92 Å². The number of hydrogen-bond acceptors (Lipinski definition) is 5. The maximum absolute atomic E-state index is 12.8. The van der Waals surface area contributed by atoms with E-state index in [0.29, 0.717) is 21.9 Å². The molecular weight excluding hydrogens is 370 g/mol. The third-order valence-corrected chi connectivity index (χ3v) is 5.49. The molecule has 2 aromatic carbocycles. The standard InChI is InChI=1S/C22H21N3O2S/c1-3-4-13-27-18-12-8-6-10-16(18)14-19-21(26)25-22(28-19)23-20(24-25)17-11-7-5-9-15(17)2/h5-12,14H,3-4,13H2,1-2H3/b19-14-. The summed E-state index contributed by atoms with van der Waals surface area (Å²) in [6.45, 7) is 4.81. The molecule has 0 fully saturated rings. The van der Waals surface area contributed by atoms with Crippen molar-refractivity contribution >= 4 is 22.4 Å². The molecule has 0 N–H and O–H groups in total. The number of nitrogens with zero attached hydrogens (tertiary/aromatic N) is 3. The van der Waals surface area contributed by atoms with Gasteiger partial charge in [0.1, 0.15) is 5.75 Å². The molecule has 6 heteroatoms. The Morgan fingerprint density at radius 3 is 2.71 bits per heavy atom. The molecule has 0 unspecified atom stereocenters. The molecule has 4 rings (SSSR count). The summed E-state index contributed by atoms with van der Waals surface area (Å²) < 4.78 is 7.85. The van der Waals surface area contributed by atoms with Gasteiger partial charge in [0.15, 0.2) is 5.82 Å². The van der Waals surface area contributed by atoms with Crippen LogP contribution >= 0.6 is 11.3 Å². The number of para-hydroxylation sites is 1. The lowest BCUT2D eigenvalue weighted by Gasteiger charge is -2.07. The summed E-state index contributed by atoms with van der Waals surface area (Å²) in [6.07, 6.45) is 3.94. The number of aromatic nitrogens is 3. The van der Waals surface area contributed by atoms with Gasteiger partial charge in [-0.1, -0.05) is 67.1 Å². The summed E-state index contributed by atoms with van der Waals surface area (Å²) >= 11 is 1.34. The molecule has 4 aromatic rings. The van der Waals surface area contributed by atoms with Crippen LogP contribution < -0.4 is 14.8 Å². The first-order valence-corrected chi connectivity index (χ1v) is 10.2. The molecule has 0 saturated heterocycles. The van der Waals surface area contributed by atoms with Crippen LogP contribution in [0.15, 0.2) is 53.3 Å². The summed E-state index contributed by atoms with van der Waals surface area (Å²) in [4.78, 5) is 18.0. The van der Waals surface area contributed by atoms with E-state index >= 15 is 0 Å². The number of thiazole rings is 1. The fourth-order valence-electron chi connectivity index (χ4n) is 2.97. The van der Waals surface area contributed by atoms with E-state index in [0.717, 1.165) is 35.3 Å². The number of hydrogen-bond donors (Lipinski definition) is 0. The lowest BCUT2D eigenvalue weighted by molar-refractivity contribution is 0.309. The average Bonchev–Trinajstić information content (AvgIpc) is 3.23. The Labute approximate surface area is 166 Å². The molecule has 142 valence electrons. The molecule has 0 radical (unpaired) electrons. The van der Waals surface area contributed by atoms with Crippen LogP contribution in [0.3, 0.4) is 0 Å². The van der Waals surface area contributed by atoms with Crippen molar-refractivity contribution in [3.8, 4) is 17.1 Å². The van der Waals surface area contributed by atoms with Gasteiger partial charge in [0.2, 0.25) is 4.96 Å². The Bertz CT molecular complexity index is 1230. The summed E-state index contributed by atoms with van der Waals surface area (Å²) in [5.41, 5.74) is 2.76. The molecule has 0 saturated carbocycles. The summed E-state index contributed by atoms with van der Waals surface area (Å²) in [5.74, 6) is 1.37. The summed E-state index contributed by atoms with van der Waals surface area (Å²) in [7, 11) is 0. The van der Waals surface area contributed by atoms with Gasteiger partial charge >= 0.3 is 0 Å². The molecule has 0 bridgehead atoms. The van der Waals surface area contributed by atoms with Crippen LogP contribution in [0.1, 0.15) is 30.9 Å². The number of ether oxygens (including phenoxy) is 1. The van der Waals surface area contributed by atoms with Crippen LogP contribution in [0.5, 0.6) is 5.75 Å². The molecular formula is C22H21N3O2S. The van der Waals surface area contributed by atoms with E-state index in [1.54, 1.807) is 0 Å². The van der Waals surface area contributed by atoms with Gasteiger partial charge < -0.3 is 4.74 Å². The Hall–Kier alpha value is -2.99. The Morgan fingerprint density at radius 1 is 1.14 bits per heavy atom. The minimum atomic E-state index is -0.157. The molecule has 0 aliphatic carbocycles. The van der Waals surface area contributed by atoms with Crippen molar-refractivity contribution in [2.24, 2.45) is 0 Å². The number of aryl methyl sites for hydroxylation is 1. The molecule has 2 aromatic heterocycles. The third kappa shape index (κ3) is 3.55. The van der Waals surface area contributed by atoms with E-state index in [1.165, 1.54) is 15.9 Å². The van der Waals surface area contributed by atoms with Crippen molar-refractivity contribution in [2.75, 3.05) is 6.61 Å². The van der Waals surface area contributed by atoms with E-state index in [2.05, 4.69) is 17.0 Å². The van der Waals surface area contributed by atoms with E-state index in [1.807, 2.05) is 61.5 Å². The van der Waals surface area contributed by atoms with Gasteiger partial charge in [-0.15, -0.1) is 5.10 Å². The van der Waals surface area contributed by atoms with Crippen LogP contribution in [-0.4, -0.2) is 21.2 Å². The van der Waals surface area contributed by atoms with Crippen molar-refractivity contribution in [2.45, 2.75) is 26.7 Å². The van der Waals surface area contributed by atoms with Crippen molar-refractivity contribution < 1.29 is 4.74 Å². The third-order valence-electron chi connectivity index (χ3n) is 4.53. The largest absolute Gasteiger partial charge is 0.493 e. The predicted molar refractivity (Wildman–Crippen MR) is 113 cm³/mol. The molecule has 2 heterocycles. The highest BCUT2D eigenvalue weighted by molar-refractivity contribution is 7.15. The van der Waals surface area contributed by atoms with Crippen molar-refractivity contribution in [1.82, 2.24) is 14.6 Å². The van der Waals surface area contributed by atoms with E-state index in [-0.39, 0.29) is 5.56 Å². The fraction of sp³-hybridized carbons (Fsp3) is 0.227. The maximum Gasteiger partial charge on any atom is 0.291 e. The summed E-state index contributed by atoms with van der Waals surface area (Å²) in [5, 5.41) is 4.44. The molecule has 0 aliphatic rings. The highest BCUT2D eigenvalue weighted by atomic mass is 32.1. The fourth-order valence-corrected chi connectivity index (χ4v) is 3.87. The van der Waals surface area contributed by atoms with Crippen molar-refractivity contribution in [3.05, 3.63) is 74.5 Å². The maximum atomic E-state index is 12.8. The Morgan fingerprint density at radius 2 is 1.93 bits per heavy atom. The van der Waals surface area contributed by atoms with Gasteiger partial charge in [-0.2, -0.15) is 9.50 Å². The van der Waals surface area contributed by atoms with Crippen LogP contribution in [0.25, 0.3) is 22.4 Å². The first-order chi connectivity index (χ1) is 13.7. The number of unbranched alkanes of at least 4 members (excludes halogenated alkanes) is 1. The monoisotopic (exact) mass is 391 g/mol. The quantitative estimate of drug-likeness (QED) is 0.469. The first kappa shape index (κ1) is 18.4. The second kappa shape index (κ2) is 7.94. The van der Waals surface area contributed by atoms with Gasteiger partial charge in [-0.25, -0.2) is 0 Å². The SMILES string of the molecule is CCCCOc1ccccc1/C=c1\sc2nc(-c3ccccc3C)nn2c1=O. The minimum absolute atomic E-state index is 0.157. The second-order valence-electron chi connectivity index (χ2n) is 6.60. The van der Waals surface area contributed by atoms with Crippen molar-refractivity contribution in [1.29, 1.82) is 0 Å². The summed E-state index contributed by atoms with van der Waals surface area (Å²) in [6, 6.07) is 15.7. The zero-order chi connectivity index (χ0) is 19.5. The van der Waals surface area contributed by atoms with Crippen molar-refractivity contribution in [3.63, 3.8) is 0 Å². The van der Waals surface area contributed by atoms with Gasteiger partial charge in [0, 0.05) is 11.1 Å². The Balaban J connectivity index is 1.73. The molecule has 0 spiro atoms. The number of benzene rings is 2. The van der Waals surface area contributed by atoms with Gasteiger partial charge in [0.25, 0.3) is 5.56 Å². The van der Waals surface area contributed by atoms with Crippen LogP contribution in [0.2, 0.25) is 0 Å². The lowest BCUT2D eigenvalue weighted by atomic mass is 10.1. The number of fused-ring (bicyclic) bond motifs is 1. The topological polar surface area (TPSA) is 56.5 Å². The number of rotatable bonds is 6. The Kier molecular flexibility index (Phi) is 5.21. The van der Waals surface area contributed by atoms with Crippen LogP contribution in [-0.2, 0) is 0 Å². The van der Waals surface area contributed by atoms with E-state index in [9.17, 15) is 4.79 Å². The highest BCUT2D eigenvalue weighted by Crippen LogP contribution is 2.21. The minimum Gasteiger partial charge on any atom is -0.493 e. The van der Waals surface area contributed by atoms with E-state index in [4.69, 9.17) is 4.74 Å². The van der Waals surface area contributed by atoms with E-state index < -0.39 is 0 Å². The molecule has 5 nitrogen and oxygen atoms in total. The normalized spacial score (nSPS) is 12.0. The molecule has 0 atom stereocenters. The predicted octanol–water partition coefficient (Wildman–Crippen LogP) is 3.85. The van der Waals surface area contributed by atoms with Gasteiger partial charge in [-0.05, 0) is 31.1 Å². The first-order valence-electron chi connectivity index (χ1n) is 9.36. The van der Waals surface area contributed by atoms with Gasteiger partial charge in [-0.3, -0.25) is 4.79 Å². The zero-order valence-electron chi connectivity index (χ0n) is 15.9.